The number of nitrogens with zero attached hydrogens (tertiary/aromatic N) is 2. The fourth-order valence-electron chi connectivity index (χ4n) is 2.12. The Morgan fingerprint density at radius 2 is 2.14 bits per heavy atom. The van der Waals surface area contributed by atoms with Crippen molar-refractivity contribution in [3.63, 3.8) is 0 Å². The lowest BCUT2D eigenvalue weighted by molar-refractivity contribution is 0.603. The molecule has 0 saturated carbocycles. The summed E-state index contributed by atoms with van der Waals surface area (Å²) in [5, 5.41) is 5.93. The van der Waals surface area contributed by atoms with E-state index in [1.807, 2.05) is 25.1 Å². The van der Waals surface area contributed by atoms with Gasteiger partial charge < -0.3 is 0 Å². The van der Waals surface area contributed by atoms with Crippen molar-refractivity contribution in [2.75, 3.05) is 4.72 Å². The molecule has 5 nitrogen and oxygen atoms in total. The summed E-state index contributed by atoms with van der Waals surface area (Å²) in [6.45, 7) is 2.63. The maximum absolute atomic E-state index is 12.1. The van der Waals surface area contributed by atoms with Gasteiger partial charge in [0.05, 0.1) is 18.4 Å². The van der Waals surface area contributed by atoms with Crippen LogP contribution in [0.4, 0.5) is 5.69 Å². The highest BCUT2D eigenvalue weighted by Crippen LogP contribution is 2.20. The fraction of sp³-hybridized carbons (Fsp3) is 0.133. The molecular weight excluding hydrogens is 318 g/mol. The zero-order valence-corrected chi connectivity index (χ0v) is 13.6. The summed E-state index contributed by atoms with van der Waals surface area (Å²) < 4.78 is 28.8. The molecular formula is C15H15N3O2S2. The largest absolute Gasteiger partial charge is 0.276 e. The van der Waals surface area contributed by atoms with Crippen molar-refractivity contribution < 1.29 is 8.42 Å². The van der Waals surface area contributed by atoms with Gasteiger partial charge in [0.25, 0.3) is 10.0 Å². The number of sulfonamides is 1. The molecule has 2 aromatic heterocycles. The number of aryl methyl sites for hydroxylation is 1. The van der Waals surface area contributed by atoms with E-state index in [2.05, 4.69) is 15.9 Å². The summed E-state index contributed by atoms with van der Waals surface area (Å²) >= 11 is 1.18. The molecule has 1 aromatic carbocycles. The molecule has 0 saturated heterocycles. The second-order valence-corrected chi connectivity index (χ2v) is 7.81. The lowest BCUT2D eigenvalue weighted by Gasteiger charge is -2.04. The number of rotatable bonds is 5. The van der Waals surface area contributed by atoms with Crippen LogP contribution in [0.3, 0.4) is 0 Å². The second-order valence-electron chi connectivity index (χ2n) is 4.95. The Morgan fingerprint density at radius 3 is 2.86 bits per heavy atom. The second kappa shape index (κ2) is 5.94. The lowest BCUT2D eigenvalue weighted by atomic mass is 10.1. The highest BCUT2D eigenvalue weighted by Gasteiger charge is 2.15. The maximum Gasteiger partial charge on any atom is 0.271 e. The average Bonchev–Trinajstić information content (AvgIpc) is 3.10. The van der Waals surface area contributed by atoms with Crippen molar-refractivity contribution >= 4 is 27.0 Å². The Balaban J connectivity index is 1.74. The van der Waals surface area contributed by atoms with Crippen molar-refractivity contribution in [2.45, 2.75) is 17.7 Å². The van der Waals surface area contributed by atoms with Crippen LogP contribution in [0.1, 0.15) is 11.1 Å². The Kier molecular flexibility index (Phi) is 4.00. The summed E-state index contributed by atoms with van der Waals surface area (Å²) in [7, 11) is -3.52. The van der Waals surface area contributed by atoms with Crippen molar-refractivity contribution in [1.82, 2.24) is 9.78 Å². The molecule has 0 spiro atoms. The molecule has 0 aliphatic rings. The van der Waals surface area contributed by atoms with Gasteiger partial charge in [0, 0.05) is 6.20 Å². The van der Waals surface area contributed by atoms with Gasteiger partial charge in [0.2, 0.25) is 0 Å². The number of hydrogen-bond donors (Lipinski definition) is 1. The molecule has 3 aromatic rings. The minimum absolute atomic E-state index is 0.291. The number of hydrogen-bond acceptors (Lipinski definition) is 4. The maximum atomic E-state index is 12.1. The van der Waals surface area contributed by atoms with E-state index in [4.69, 9.17) is 0 Å². The van der Waals surface area contributed by atoms with Crippen LogP contribution in [-0.4, -0.2) is 18.2 Å². The van der Waals surface area contributed by atoms with Crippen LogP contribution in [0, 0.1) is 6.92 Å². The molecule has 7 heteroatoms. The van der Waals surface area contributed by atoms with Gasteiger partial charge in [-0.1, -0.05) is 35.9 Å². The molecule has 0 bridgehead atoms. The standard InChI is InChI=1S/C15H15N3O2S2/c1-12-4-2-5-13(8-12)10-18-11-14(9-16-18)17-22(19,20)15-6-3-7-21-15/h2-9,11,17H,10H2,1H3. The molecule has 0 fully saturated rings. The topological polar surface area (TPSA) is 64.0 Å². The first-order valence-corrected chi connectivity index (χ1v) is 9.03. The SMILES string of the molecule is Cc1cccc(Cn2cc(NS(=O)(=O)c3cccs3)cn2)c1. The van der Waals surface area contributed by atoms with Gasteiger partial charge >= 0.3 is 0 Å². The van der Waals surface area contributed by atoms with E-state index < -0.39 is 10.0 Å². The van der Waals surface area contributed by atoms with Gasteiger partial charge in [-0.25, -0.2) is 8.42 Å². The number of anilines is 1. The number of benzene rings is 1. The summed E-state index contributed by atoms with van der Waals surface area (Å²) in [4.78, 5) is 0. The first-order chi connectivity index (χ1) is 10.5. The molecule has 0 aliphatic heterocycles. The highest BCUT2D eigenvalue weighted by molar-refractivity contribution is 7.94. The quantitative estimate of drug-likeness (QED) is 0.780. The predicted octanol–water partition coefficient (Wildman–Crippen LogP) is 3.10. The van der Waals surface area contributed by atoms with E-state index >= 15 is 0 Å². The first-order valence-electron chi connectivity index (χ1n) is 6.67. The lowest BCUT2D eigenvalue weighted by Crippen LogP contribution is -2.10. The monoisotopic (exact) mass is 333 g/mol. The average molecular weight is 333 g/mol. The van der Waals surface area contributed by atoms with Crippen LogP contribution in [0.5, 0.6) is 0 Å². The van der Waals surface area contributed by atoms with E-state index in [-0.39, 0.29) is 0 Å². The Labute approximate surface area is 133 Å². The summed E-state index contributed by atoms with van der Waals surface area (Å²) in [5.41, 5.74) is 2.76. The van der Waals surface area contributed by atoms with Gasteiger partial charge in [0.1, 0.15) is 4.21 Å². The van der Waals surface area contributed by atoms with Crippen LogP contribution in [0.2, 0.25) is 0 Å². The molecule has 3 rings (SSSR count). The minimum Gasteiger partial charge on any atom is -0.276 e. The van der Waals surface area contributed by atoms with Crippen molar-refractivity contribution in [3.8, 4) is 0 Å². The smallest absolute Gasteiger partial charge is 0.271 e. The third-order valence-electron chi connectivity index (χ3n) is 3.07. The van der Waals surface area contributed by atoms with E-state index in [0.29, 0.717) is 16.4 Å². The normalized spacial score (nSPS) is 11.5. The molecule has 114 valence electrons. The molecule has 2 heterocycles. The first kappa shape index (κ1) is 14.8. The van der Waals surface area contributed by atoms with Gasteiger partial charge in [-0.2, -0.15) is 5.10 Å². The van der Waals surface area contributed by atoms with Gasteiger partial charge in [-0.05, 0) is 23.9 Å². The molecule has 0 aliphatic carbocycles. The highest BCUT2D eigenvalue weighted by atomic mass is 32.2. The van der Waals surface area contributed by atoms with Crippen LogP contribution in [0.15, 0.2) is 58.4 Å². The predicted molar refractivity (Wildman–Crippen MR) is 87.6 cm³/mol. The zero-order valence-electron chi connectivity index (χ0n) is 11.9. The third-order valence-corrected chi connectivity index (χ3v) is 5.85. The zero-order chi connectivity index (χ0) is 15.6. The molecule has 0 amide bonds. The summed E-state index contributed by atoms with van der Waals surface area (Å²) in [6, 6.07) is 11.4. The molecule has 0 radical (unpaired) electrons. The minimum atomic E-state index is -3.52. The third kappa shape index (κ3) is 3.37. The van der Waals surface area contributed by atoms with Gasteiger partial charge in [-0.3, -0.25) is 9.40 Å². The van der Waals surface area contributed by atoms with Crippen molar-refractivity contribution in [1.29, 1.82) is 0 Å². The van der Waals surface area contributed by atoms with Gasteiger partial charge in [0.15, 0.2) is 0 Å². The van der Waals surface area contributed by atoms with Crippen LogP contribution < -0.4 is 4.72 Å². The molecule has 0 unspecified atom stereocenters. The number of thiophene rings is 1. The van der Waals surface area contributed by atoms with E-state index in [1.165, 1.54) is 23.1 Å². The number of nitrogens with one attached hydrogen (secondary N) is 1. The van der Waals surface area contributed by atoms with Crippen LogP contribution in [-0.2, 0) is 16.6 Å². The Morgan fingerprint density at radius 1 is 1.27 bits per heavy atom. The van der Waals surface area contributed by atoms with E-state index in [9.17, 15) is 8.42 Å². The van der Waals surface area contributed by atoms with Crippen molar-refractivity contribution in [3.05, 3.63) is 65.3 Å². The molecule has 22 heavy (non-hydrogen) atoms. The summed E-state index contributed by atoms with van der Waals surface area (Å²) in [5.74, 6) is 0. The summed E-state index contributed by atoms with van der Waals surface area (Å²) in [6.07, 6.45) is 3.20. The van der Waals surface area contributed by atoms with E-state index in [0.717, 1.165) is 5.56 Å². The van der Waals surface area contributed by atoms with Crippen molar-refractivity contribution in [2.24, 2.45) is 0 Å². The molecule has 1 N–H and O–H groups in total. The Bertz CT molecular complexity index is 868. The van der Waals surface area contributed by atoms with Crippen LogP contribution >= 0.6 is 11.3 Å². The Hall–Kier alpha value is -2.12. The van der Waals surface area contributed by atoms with Crippen LogP contribution in [0.25, 0.3) is 0 Å². The molecule has 0 atom stereocenters. The fourth-order valence-corrected chi connectivity index (χ4v) is 4.14. The number of aromatic nitrogens is 2. The van der Waals surface area contributed by atoms with E-state index in [1.54, 1.807) is 28.4 Å². The van der Waals surface area contributed by atoms with Gasteiger partial charge in [-0.15, -0.1) is 11.3 Å².